The van der Waals surface area contributed by atoms with E-state index < -0.39 is 0 Å². The third-order valence-electron chi connectivity index (χ3n) is 12.2. The first kappa shape index (κ1) is 40.5. The Labute approximate surface area is 380 Å². The van der Waals surface area contributed by atoms with Crippen molar-refractivity contribution in [2.75, 3.05) is 0 Å². The standard InChI is InChI=1S/C52H33N.C6H6.C6H8/c1-2-15-36-31-40(28-27-34(36)13-1)52-45-23-7-5-21-43(45)51(44-22-6-8-24-46(44)52)39-18-11-17-37(32-39)38-29-30-50-47(33-38)42-20-9-10-25-49(42)53(50)48-26-12-16-35-14-3-4-19-41(35)48;1-2-4-6-5-3-1;1-3-5-6-4-2/h1-33H;1-6H;3-6H,1-2H2/b;;6-5-. The minimum atomic E-state index is 1.20. The maximum absolute atomic E-state index is 3.46. The monoisotopic (exact) mass is 829 g/mol. The molecule has 0 amide bonds. The summed E-state index contributed by atoms with van der Waals surface area (Å²) in [6, 6.07) is 85.6. The molecule has 0 bridgehead atoms. The van der Waals surface area contributed by atoms with Crippen molar-refractivity contribution in [2.24, 2.45) is 0 Å². The van der Waals surface area contributed by atoms with Crippen molar-refractivity contribution in [1.29, 1.82) is 0 Å². The number of hydrogen-bond acceptors (Lipinski definition) is 0. The van der Waals surface area contributed by atoms with Gasteiger partial charge in [0.1, 0.15) is 0 Å². The van der Waals surface area contributed by atoms with Crippen LogP contribution in [-0.4, -0.2) is 4.57 Å². The number of nitrogens with zero attached hydrogens (tertiary/aromatic N) is 1. The Hall–Kier alpha value is -8.52. The van der Waals surface area contributed by atoms with Crippen LogP contribution in [0.1, 0.15) is 0 Å². The number of fused-ring (bicyclic) bond motifs is 7. The van der Waals surface area contributed by atoms with Crippen LogP contribution in [0.25, 0.3) is 104 Å². The van der Waals surface area contributed by atoms with Gasteiger partial charge in [-0.05, 0) is 107 Å². The molecule has 0 aliphatic carbocycles. The lowest BCUT2D eigenvalue weighted by atomic mass is 9.85. The molecule has 1 aromatic heterocycles. The van der Waals surface area contributed by atoms with Gasteiger partial charge in [-0.1, -0.05) is 238 Å². The topological polar surface area (TPSA) is 4.93 Å². The third kappa shape index (κ3) is 7.93. The Morgan fingerprint density at radius 3 is 1.35 bits per heavy atom. The number of hydrogen-bond donors (Lipinski definition) is 0. The van der Waals surface area contributed by atoms with E-state index in [0.29, 0.717) is 0 Å². The van der Waals surface area contributed by atoms with E-state index in [4.69, 9.17) is 0 Å². The normalized spacial score (nSPS) is 11.1. The molecular weight excluding hydrogens is 783 g/mol. The third-order valence-corrected chi connectivity index (χ3v) is 12.2. The Morgan fingerprint density at radius 2 is 0.723 bits per heavy atom. The van der Waals surface area contributed by atoms with Crippen molar-refractivity contribution in [3.8, 4) is 39.1 Å². The predicted octanol–water partition coefficient (Wildman–Crippen LogP) is 18.0. The lowest BCUT2D eigenvalue weighted by molar-refractivity contribution is 1.20. The zero-order chi connectivity index (χ0) is 44.0. The molecule has 0 unspecified atom stereocenters. The second-order valence-electron chi connectivity index (χ2n) is 16.1. The van der Waals surface area contributed by atoms with Gasteiger partial charge in [-0.3, -0.25) is 0 Å². The van der Waals surface area contributed by atoms with Crippen LogP contribution in [0.3, 0.4) is 0 Å². The molecule has 1 heterocycles. The first-order valence-electron chi connectivity index (χ1n) is 22.2. The molecule has 11 aromatic carbocycles. The summed E-state index contributed by atoms with van der Waals surface area (Å²) < 4.78 is 2.43. The highest BCUT2D eigenvalue weighted by atomic mass is 15.0. The molecule has 0 radical (unpaired) electrons. The number of para-hydroxylation sites is 1. The van der Waals surface area contributed by atoms with E-state index in [1.165, 1.54) is 104 Å². The van der Waals surface area contributed by atoms with Crippen LogP contribution in [0.4, 0.5) is 0 Å². The zero-order valence-corrected chi connectivity index (χ0v) is 36.2. The molecule has 0 aliphatic heterocycles. The number of aromatic nitrogens is 1. The van der Waals surface area contributed by atoms with Gasteiger partial charge in [0.25, 0.3) is 0 Å². The van der Waals surface area contributed by atoms with Crippen molar-refractivity contribution in [3.05, 3.63) is 274 Å². The van der Waals surface area contributed by atoms with Crippen molar-refractivity contribution >= 4 is 64.9 Å². The van der Waals surface area contributed by atoms with Crippen LogP contribution in [0.15, 0.2) is 274 Å². The summed E-state index contributed by atoms with van der Waals surface area (Å²) in [4.78, 5) is 0. The largest absolute Gasteiger partial charge is 0.309 e. The summed E-state index contributed by atoms with van der Waals surface area (Å²) in [6.07, 6.45) is 7.07. The molecular formula is C64H47N. The van der Waals surface area contributed by atoms with Crippen molar-refractivity contribution < 1.29 is 0 Å². The Kier molecular flexibility index (Phi) is 11.5. The van der Waals surface area contributed by atoms with Crippen LogP contribution < -0.4 is 0 Å². The number of rotatable bonds is 6. The average molecular weight is 830 g/mol. The highest BCUT2D eigenvalue weighted by molar-refractivity contribution is 6.22. The molecule has 65 heavy (non-hydrogen) atoms. The molecule has 0 N–H and O–H groups in total. The Balaban J connectivity index is 0.000000366. The van der Waals surface area contributed by atoms with Crippen LogP contribution >= 0.6 is 0 Å². The second kappa shape index (κ2) is 18.4. The SMILES string of the molecule is C=C/C=C\C=C.c1cc(-c2ccc3c(c2)c2ccccc2n3-c2cccc3ccccc23)cc(-c2c3ccccc3c(-c3ccc4ccccc4c3)c3ccccc23)c1.c1ccccc1. The fraction of sp³-hybridized carbons (Fsp3) is 0. The lowest BCUT2D eigenvalue weighted by Crippen LogP contribution is -1.95. The molecule has 1 nitrogen and oxygen atoms in total. The molecule has 12 rings (SSSR count). The van der Waals surface area contributed by atoms with Crippen LogP contribution in [0.2, 0.25) is 0 Å². The van der Waals surface area contributed by atoms with Gasteiger partial charge in [0.05, 0.1) is 16.7 Å². The summed E-state index contributed by atoms with van der Waals surface area (Å²) in [6.45, 7) is 6.93. The van der Waals surface area contributed by atoms with Gasteiger partial charge < -0.3 is 4.57 Å². The molecule has 0 saturated carbocycles. The van der Waals surface area contributed by atoms with E-state index in [1.54, 1.807) is 12.2 Å². The van der Waals surface area contributed by atoms with E-state index in [0.717, 1.165) is 0 Å². The molecule has 0 saturated heterocycles. The van der Waals surface area contributed by atoms with Gasteiger partial charge >= 0.3 is 0 Å². The van der Waals surface area contributed by atoms with Crippen LogP contribution in [-0.2, 0) is 0 Å². The smallest absolute Gasteiger partial charge is 0.0541 e. The molecule has 12 aromatic rings. The van der Waals surface area contributed by atoms with E-state index in [9.17, 15) is 0 Å². The van der Waals surface area contributed by atoms with E-state index in [-0.39, 0.29) is 0 Å². The van der Waals surface area contributed by atoms with Gasteiger partial charge in [0, 0.05) is 16.2 Å². The van der Waals surface area contributed by atoms with Gasteiger partial charge in [0.2, 0.25) is 0 Å². The minimum Gasteiger partial charge on any atom is -0.309 e. The predicted molar refractivity (Wildman–Crippen MR) is 283 cm³/mol. The summed E-state index contributed by atoms with van der Waals surface area (Å²) in [5.41, 5.74) is 11.1. The maximum atomic E-state index is 3.46. The fourth-order valence-electron chi connectivity index (χ4n) is 9.31. The van der Waals surface area contributed by atoms with E-state index >= 15 is 0 Å². The van der Waals surface area contributed by atoms with Crippen LogP contribution in [0.5, 0.6) is 0 Å². The summed E-state index contributed by atoms with van der Waals surface area (Å²) in [5.74, 6) is 0. The minimum absolute atomic E-state index is 1.20. The highest BCUT2D eigenvalue weighted by Crippen LogP contribution is 2.45. The quantitative estimate of drug-likeness (QED) is 0.116. The fourth-order valence-corrected chi connectivity index (χ4v) is 9.31. The first-order valence-corrected chi connectivity index (χ1v) is 22.2. The van der Waals surface area contributed by atoms with Gasteiger partial charge in [0.15, 0.2) is 0 Å². The molecule has 0 atom stereocenters. The molecule has 308 valence electrons. The molecule has 0 fully saturated rings. The second-order valence-corrected chi connectivity index (χ2v) is 16.1. The Morgan fingerprint density at radius 1 is 0.277 bits per heavy atom. The van der Waals surface area contributed by atoms with E-state index in [1.807, 2.05) is 48.6 Å². The van der Waals surface area contributed by atoms with Crippen molar-refractivity contribution in [3.63, 3.8) is 0 Å². The lowest BCUT2D eigenvalue weighted by Gasteiger charge is -2.18. The maximum Gasteiger partial charge on any atom is 0.0541 e. The van der Waals surface area contributed by atoms with Crippen molar-refractivity contribution in [2.45, 2.75) is 0 Å². The van der Waals surface area contributed by atoms with Crippen molar-refractivity contribution in [1.82, 2.24) is 4.57 Å². The summed E-state index contributed by atoms with van der Waals surface area (Å²) in [7, 11) is 0. The summed E-state index contributed by atoms with van der Waals surface area (Å²) >= 11 is 0. The number of benzene rings is 11. The summed E-state index contributed by atoms with van der Waals surface area (Å²) in [5, 5.41) is 12.6. The Bertz CT molecular complexity index is 3600. The number of allylic oxidation sites excluding steroid dienone is 4. The van der Waals surface area contributed by atoms with Gasteiger partial charge in [-0.25, -0.2) is 0 Å². The van der Waals surface area contributed by atoms with E-state index in [2.05, 4.69) is 218 Å². The van der Waals surface area contributed by atoms with Gasteiger partial charge in [-0.2, -0.15) is 0 Å². The average Bonchev–Trinajstić information content (AvgIpc) is 3.71. The molecule has 0 spiro atoms. The highest BCUT2D eigenvalue weighted by Gasteiger charge is 2.18. The first-order chi connectivity index (χ1) is 32.2. The van der Waals surface area contributed by atoms with Gasteiger partial charge in [-0.15, -0.1) is 0 Å². The van der Waals surface area contributed by atoms with Crippen LogP contribution in [0, 0.1) is 0 Å². The zero-order valence-electron chi connectivity index (χ0n) is 36.2. The molecule has 0 aliphatic rings. The molecule has 1 heteroatoms.